The fourth-order valence-electron chi connectivity index (χ4n) is 1.09. The lowest BCUT2D eigenvalue weighted by Crippen LogP contribution is -2.31. The van der Waals surface area contributed by atoms with Crippen molar-refractivity contribution < 1.29 is 9.00 Å². The van der Waals surface area contributed by atoms with Gasteiger partial charge in [0.05, 0.1) is 0 Å². The van der Waals surface area contributed by atoms with E-state index >= 15 is 0 Å². The third kappa shape index (κ3) is 10.1. The van der Waals surface area contributed by atoms with Crippen molar-refractivity contribution in [2.75, 3.05) is 18.1 Å². The molecule has 96 valence electrons. The van der Waals surface area contributed by atoms with Gasteiger partial charge in [-0.15, -0.1) is 0 Å². The summed E-state index contributed by atoms with van der Waals surface area (Å²) in [6.07, 6.45) is 1.66. The molecule has 0 aromatic carbocycles. The molecule has 5 heteroatoms. The maximum Gasteiger partial charge on any atom is 0.232 e. The Morgan fingerprint density at radius 2 is 1.94 bits per heavy atom. The van der Waals surface area contributed by atoms with Crippen LogP contribution in [0.3, 0.4) is 0 Å². The summed E-state index contributed by atoms with van der Waals surface area (Å²) in [5.74, 6) is 1.06. The Bertz CT molecular complexity index is 230. The number of carbonyl (C=O) groups is 1. The van der Waals surface area contributed by atoms with E-state index in [1.54, 1.807) is 0 Å². The highest BCUT2D eigenvalue weighted by atomic mass is 32.2. The Labute approximate surface area is 101 Å². The number of hydrogen-bond acceptors (Lipinski definition) is 3. The summed E-state index contributed by atoms with van der Waals surface area (Å²) < 4.78 is 11.4. The second-order valence-corrected chi connectivity index (χ2v) is 6.16. The molecule has 0 aliphatic carbocycles. The molecule has 0 bridgehead atoms. The highest BCUT2D eigenvalue weighted by molar-refractivity contribution is 7.85. The molecule has 0 heterocycles. The molecular weight excluding hydrogens is 224 g/mol. The molecule has 3 N–H and O–H groups in total. The van der Waals surface area contributed by atoms with Crippen molar-refractivity contribution in [1.82, 2.24) is 5.32 Å². The quantitative estimate of drug-likeness (QED) is 0.662. The van der Waals surface area contributed by atoms with Crippen molar-refractivity contribution in [2.24, 2.45) is 11.7 Å². The number of rotatable bonds is 8. The summed E-state index contributed by atoms with van der Waals surface area (Å²) in [4.78, 5) is 11.3. The molecule has 0 spiro atoms. The van der Waals surface area contributed by atoms with Gasteiger partial charge < -0.3 is 11.1 Å². The van der Waals surface area contributed by atoms with Gasteiger partial charge in [0, 0.05) is 29.1 Å². The Morgan fingerprint density at radius 3 is 2.44 bits per heavy atom. The molecule has 0 aliphatic heterocycles. The third-order valence-electron chi connectivity index (χ3n) is 2.14. The maximum absolute atomic E-state index is 11.4. The van der Waals surface area contributed by atoms with Crippen LogP contribution in [0.2, 0.25) is 0 Å². The zero-order chi connectivity index (χ0) is 12.6. The van der Waals surface area contributed by atoms with Gasteiger partial charge in [0.2, 0.25) is 5.91 Å². The molecular formula is C11H24N2O2S. The van der Waals surface area contributed by atoms with Gasteiger partial charge in [0.1, 0.15) is 5.75 Å². The number of nitrogens with one attached hydrogen (secondary N) is 1. The number of carbonyl (C=O) groups excluding carboxylic acids is 1. The van der Waals surface area contributed by atoms with E-state index in [0.717, 1.165) is 6.42 Å². The molecule has 0 radical (unpaired) electrons. The third-order valence-corrected chi connectivity index (χ3v) is 3.41. The van der Waals surface area contributed by atoms with Crippen LogP contribution in [0.1, 0.15) is 33.6 Å². The van der Waals surface area contributed by atoms with Crippen LogP contribution in [0.25, 0.3) is 0 Å². The van der Waals surface area contributed by atoms with Gasteiger partial charge in [-0.25, -0.2) is 0 Å². The van der Waals surface area contributed by atoms with E-state index in [2.05, 4.69) is 19.2 Å². The molecule has 0 fully saturated rings. The maximum atomic E-state index is 11.4. The molecule has 0 saturated heterocycles. The molecule has 2 atom stereocenters. The first-order chi connectivity index (χ1) is 7.41. The van der Waals surface area contributed by atoms with Gasteiger partial charge in [-0.3, -0.25) is 9.00 Å². The van der Waals surface area contributed by atoms with Crippen molar-refractivity contribution in [3.05, 3.63) is 0 Å². The van der Waals surface area contributed by atoms with E-state index in [-0.39, 0.29) is 17.7 Å². The van der Waals surface area contributed by atoms with Gasteiger partial charge in [0.15, 0.2) is 0 Å². The van der Waals surface area contributed by atoms with E-state index in [1.165, 1.54) is 0 Å². The molecule has 0 aromatic rings. The predicted octanol–water partition coefficient (Wildman–Crippen LogP) is 0.635. The normalized spacial score (nSPS) is 14.8. The Kier molecular flexibility index (Phi) is 8.47. The second kappa shape index (κ2) is 8.70. The van der Waals surface area contributed by atoms with E-state index in [0.29, 0.717) is 24.6 Å². The summed E-state index contributed by atoms with van der Waals surface area (Å²) >= 11 is 0. The van der Waals surface area contributed by atoms with Gasteiger partial charge in [-0.1, -0.05) is 13.8 Å². The fraction of sp³-hybridized carbons (Fsp3) is 0.909. The average Bonchev–Trinajstić information content (AvgIpc) is 2.14. The molecule has 4 nitrogen and oxygen atoms in total. The highest BCUT2D eigenvalue weighted by Gasteiger charge is 2.08. The minimum absolute atomic E-state index is 0.0490. The minimum atomic E-state index is -1.08. The molecule has 0 rings (SSSR count). The van der Waals surface area contributed by atoms with E-state index in [1.807, 2.05) is 6.92 Å². The van der Waals surface area contributed by atoms with Gasteiger partial charge in [-0.05, 0) is 25.7 Å². The van der Waals surface area contributed by atoms with Crippen LogP contribution in [0.4, 0.5) is 0 Å². The van der Waals surface area contributed by atoms with Crippen LogP contribution in [-0.4, -0.2) is 34.2 Å². The van der Waals surface area contributed by atoms with Crippen molar-refractivity contribution >= 4 is 16.7 Å². The number of hydrogen-bond donors (Lipinski definition) is 2. The Balaban J connectivity index is 3.58. The lowest BCUT2D eigenvalue weighted by Gasteiger charge is -2.07. The molecule has 1 amide bonds. The zero-order valence-electron chi connectivity index (χ0n) is 10.5. The summed E-state index contributed by atoms with van der Waals surface area (Å²) in [6.45, 7) is 6.75. The highest BCUT2D eigenvalue weighted by Crippen LogP contribution is 1.96. The monoisotopic (exact) mass is 248 g/mol. The van der Waals surface area contributed by atoms with E-state index < -0.39 is 10.8 Å². The summed E-state index contributed by atoms with van der Waals surface area (Å²) in [6, 6.07) is 0.0490. The Morgan fingerprint density at radius 1 is 1.31 bits per heavy atom. The van der Waals surface area contributed by atoms with Crippen LogP contribution in [0.5, 0.6) is 0 Å². The second-order valence-electron chi connectivity index (χ2n) is 4.59. The topological polar surface area (TPSA) is 72.2 Å². The van der Waals surface area contributed by atoms with Gasteiger partial charge >= 0.3 is 0 Å². The van der Waals surface area contributed by atoms with Crippen LogP contribution in [0.15, 0.2) is 0 Å². The van der Waals surface area contributed by atoms with Crippen molar-refractivity contribution in [1.29, 1.82) is 0 Å². The predicted molar refractivity (Wildman–Crippen MR) is 68.6 cm³/mol. The summed E-state index contributed by atoms with van der Waals surface area (Å²) in [5, 5.41) is 2.77. The van der Waals surface area contributed by atoms with Crippen molar-refractivity contribution in [2.45, 2.75) is 39.7 Å². The average molecular weight is 248 g/mol. The first-order valence-corrected chi connectivity index (χ1v) is 7.28. The van der Waals surface area contributed by atoms with Gasteiger partial charge in [0.25, 0.3) is 0 Å². The molecule has 0 aromatic heterocycles. The largest absolute Gasteiger partial charge is 0.355 e. The lowest BCUT2D eigenvalue weighted by molar-refractivity contribution is -0.118. The fourth-order valence-corrected chi connectivity index (χ4v) is 2.26. The molecule has 0 saturated carbocycles. The molecule has 16 heavy (non-hydrogen) atoms. The number of nitrogens with two attached hydrogens (primary N) is 1. The molecule has 0 aliphatic rings. The summed E-state index contributed by atoms with van der Waals surface area (Å²) in [7, 11) is -1.08. The smallest absolute Gasteiger partial charge is 0.232 e. The van der Waals surface area contributed by atoms with E-state index in [4.69, 9.17) is 5.73 Å². The van der Waals surface area contributed by atoms with Crippen LogP contribution in [0, 0.1) is 5.92 Å². The lowest BCUT2D eigenvalue weighted by atomic mass is 10.1. The summed E-state index contributed by atoms with van der Waals surface area (Å²) in [5.41, 5.74) is 5.55. The number of amides is 1. The SMILES string of the molecule is CC(C)CCNC(=O)CS(=O)CCC(C)N. The van der Waals surface area contributed by atoms with Crippen molar-refractivity contribution in [3.63, 3.8) is 0 Å². The zero-order valence-corrected chi connectivity index (χ0v) is 11.3. The first-order valence-electron chi connectivity index (χ1n) is 5.79. The Hall–Kier alpha value is -0.420. The van der Waals surface area contributed by atoms with Crippen LogP contribution < -0.4 is 11.1 Å². The van der Waals surface area contributed by atoms with E-state index in [9.17, 15) is 9.00 Å². The van der Waals surface area contributed by atoms with Gasteiger partial charge in [-0.2, -0.15) is 0 Å². The van der Waals surface area contributed by atoms with Crippen LogP contribution >= 0.6 is 0 Å². The van der Waals surface area contributed by atoms with Crippen molar-refractivity contribution in [3.8, 4) is 0 Å². The standard InChI is InChI=1S/C11H24N2O2S/c1-9(2)4-6-13-11(14)8-16(15)7-5-10(3)12/h9-10H,4-8,12H2,1-3H3,(H,13,14). The first kappa shape index (κ1) is 15.6. The van der Waals surface area contributed by atoms with Crippen LogP contribution in [-0.2, 0) is 15.6 Å². The molecule has 2 unspecified atom stereocenters. The minimum Gasteiger partial charge on any atom is -0.355 e.